The summed E-state index contributed by atoms with van der Waals surface area (Å²) in [5.74, 6) is 1.54. The van der Waals surface area contributed by atoms with Crippen LogP contribution in [0.2, 0.25) is 0 Å². The number of hydrogen-bond donors (Lipinski definition) is 1. The van der Waals surface area contributed by atoms with E-state index >= 15 is 0 Å². The zero-order valence-electron chi connectivity index (χ0n) is 9.82. The van der Waals surface area contributed by atoms with E-state index in [4.69, 9.17) is 4.42 Å². The predicted molar refractivity (Wildman–Crippen MR) is 64.2 cm³/mol. The van der Waals surface area contributed by atoms with E-state index in [1.54, 1.807) is 6.20 Å². The minimum atomic E-state index is 0.138. The molecular weight excluding hydrogens is 200 g/mol. The van der Waals surface area contributed by atoms with Crippen molar-refractivity contribution in [2.75, 3.05) is 7.05 Å². The van der Waals surface area contributed by atoms with Gasteiger partial charge in [-0.2, -0.15) is 0 Å². The molecule has 1 atom stereocenters. The Hall–Kier alpha value is -1.61. The molecule has 1 heterocycles. The first kappa shape index (κ1) is 10.9. The van der Waals surface area contributed by atoms with Crippen LogP contribution in [0, 0.1) is 6.92 Å². The lowest BCUT2D eigenvalue weighted by Crippen LogP contribution is -2.12. The average molecular weight is 216 g/mol. The van der Waals surface area contributed by atoms with Gasteiger partial charge in [-0.05, 0) is 27.0 Å². The molecule has 0 saturated carbocycles. The lowest BCUT2D eigenvalue weighted by Gasteiger charge is -2.03. The van der Waals surface area contributed by atoms with Gasteiger partial charge in [0.15, 0.2) is 5.76 Å². The van der Waals surface area contributed by atoms with Gasteiger partial charge in [-0.15, -0.1) is 0 Å². The number of aromatic nitrogens is 1. The second kappa shape index (κ2) is 4.49. The van der Waals surface area contributed by atoms with E-state index in [1.165, 1.54) is 5.56 Å². The van der Waals surface area contributed by atoms with Crippen LogP contribution >= 0.6 is 0 Å². The Labute approximate surface area is 95.5 Å². The minimum absolute atomic E-state index is 0.138. The van der Waals surface area contributed by atoms with Gasteiger partial charge in [-0.1, -0.05) is 23.8 Å². The third-order valence-corrected chi connectivity index (χ3v) is 2.63. The standard InChI is InChI=1S/C13H16N2O/c1-9-5-4-6-11(7-9)12-8-15-13(16-12)10(2)14-3/h4-8,10,14H,1-3H3. The molecule has 0 aliphatic carbocycles. The van der Waals surface area contributed by atoms with Gasteiger partial charge in [0.25, 0.3) is 0 Å². The molecule has 0 spiro atoms. The van der Waals surface area contributed by atoms with E-state index < -0.39 is 0 Å². The highest BCUT2D eigenvalue weighted by atomic mass is 16.4. The van der Waals surface area contributed by atoms with Gasteiger partial charge in [-0.3, -0.25) is 0 Å². The molecule has 84 valence electrons. The molecule has 0 fully saturated rings. The molecule has 0 aliphatic rings. The third kappa shape index (κ3) is 2.14. The summed E-state index contributed by atoms with van der Waals surface area (Å²) >= 11 is 0. The molecule has 1 aromatic carbocycles. The fourth-order valence-corrected chi connectivity index (χ4v) is 1.54. The fraction of sp³-hybridized carbons (Fsp3) is 0.308. The molecule has 16 heavy (non-hydrogen) atoms. The molecule has 0 saturated heterocycles. The number of oxazole rings is 1. The van der Waals surface area contributed by atoms with Crippen molar-refractivity contribution in [1.29, 1.82) is 0 Å². The van der Waals surface area contributed by atoms with Gasteiger partial charge in [0.2, 0.25) is 5.89 Å². The number of hydrogen-bond acceptors (Lipinski definition) is 3. The first-order valence-corrected chi connectivity index (χ1v) is 5.40. The molecule has 0 radical (unpaired) electrons. The lowest BCUT2D eigenvalue weighted by molar-refractivity contribution is 0.441. The summed E-state index contributed by atoms with van der Waals surface area (Å²) < 4.78 is 5.70. The van der Waals surface area contributed by atoms with Crippen molar-refractivity contribution in [1.82, 2.24) is 10.3 Å². The molecule has 3 heteroatoms. The van der Waals surface area contributed by atoms with Crippen molar-refractivity contribution in [3.8, 4) is 11.3 Å². The number of nitrogens with zero attached hydrogens (tertiary/aromatic N) is 1. The Bertz CT molecular complexity index is 476. The smallest absolute Gasteiger partial charge is 0.211 e. The Morgan fingerprint density at radius 1 is 1.38 bits per heavy atom. The summed E-state index contributed by atoms with van der Waals surface area (Å²) in [7, 11) is 1.89. The highest BCUT2D eigenvalue weighted by Gasteiger charge is 2.11. The van der Waals surface area contributed by atoms with E-state index in [2.05, 4.69) is 29.4 Å². The summed E-state index contributed by atoms with van der Waals surface area (Å²) in [5.41, 5.74) is 2.29. The monoisotopic (exact) mass is 216 g/mol. The molecule has 2 aromatic rings. The zero-order valence-corrected chi connectivity index (χ0v) is 9.82. The normalized spacial score (nSPS) is 12.7. The van der Waals surface area contributed by atoms with Crippen molar-refractivity contribution < 1.29 is 4.42 Å². The average Bonchev–Trinajstić information content (AvgIpc) is 2.77. The SMILES string of the molecule is CNC(C)c1ncc(-c2cccc(C)c2)o1. The van der Waals surface area contributed by atoms with Crippen LogP contribution in [0.5, 0.6) is 0 Å². The summed E-state index contributed by atoms with van der Waals surface area (Å²) in [6.45, 7) is 4.09. The Morgan fingerprint density at radius 2 is 2.19 bits per heavy atom. The molecular formula is C13H16N2O. The highest BCUT2D eigenvalue weighted by molar-refractivity contribution is 5.57. The third-order valence-electron chi connectivity index (χ3n) is 2.63. The van der Waals surface area contributed by atoms with E-state index in [9.17, 15) is 0 Å². The predicted octanol–water partition coefficient (Wildman–Crippen LogP) is 2.93. The van der Waals surface area contributed by atoms with Gasteiger partial charge >= 0.3 is 0 Å². The topological polar surface area (TPSA) is 38.1 Å². The minimum Gasteiger partial charge on any atom is -0.439 e. The van der Waals surface area contributed by atoms with E-state index in [0.717, 1.165) is 17.2 Å². The van der Waals surface area contributed by atoms with Crippen LogP contribution in [-0.4, -0.2) is 12.0 Å². The summed E-state index contributed by atoms with van der Waals surface area (Å²) in [6, 6.07) is 8.35. The van der Waals surface area contributed by atoms with Crippen molar-refractivity contribution in [2.24, 2.45) is 0 Å². The Balaban J connectivity index is 2.31. The van der Waals surface area contributed by atoms with Crippen molar-refractivity contribution in [3.63, 3.8) is 0 Å². The van der Waals surface area contributed by atoms with E-state index in [1.807, 2.05) is 26.1 Å². The molecule has 0 bridgehead atoms. The van der Waals surface area contributed by atoms with Crippen LogP contribution in [0.3, 0.4) is 0 Å². The van der Waals surface area contributed by atoms with Crippen molar-refractivity contribution in [2.45, 2.75) is 19.9 Å². The number of rotatable bonds is 3. The molecule has 0 amide bonds. The molecule has 2 rings (SSSR count). The lowest BCUT2D eigenvalue weighted by atomic mass is 10.1. The summed E-state index contributed by atoms with van der Waals surface area (Å²) in [4.78, 5) is 4.26. The molecule has 1 unspecified atom stereocenters. The van der Waals surface area contributed by atoms with Crippen molar-refractivity contribution >= 4 is 0 Å². The molecule has 1 N–H and O–H groups in total. The van der Waals surface area contributed by atoms with Gasteiger partial charge < -0.3 is 9.73 Å². The van der Waals surface area contributed by atoms with Crippen LogP contribution in [0.25, 0.3) is 11.3 Å². The molecule has 0 aliphatic heterocycles. The largest absolute Gasteiger partial charge is 0.439 e. The van der Waals surface area contributed by atoms with Crippen LogP contribution < -0.4 is 5.32 Å². The first-order chi connectivity index (χ1) is 7.70. The van der Waals surface area contributed by atoms with Crippen LogP contribution in [-0.2, 0) is 0 Å². The number of nitrogens with one attached hydrogen (secondary N) is 1. The Morgan fingerprint density at radius 3 is 2.88 bits per heavy atom. The number of aryl methyl sites for hydroxylation is 1. The first-order valence-electron chi connectivity index (χ1n) is 5.40. The summed E-state index contributed by atoms with van der Waals surface area (Å²) in [5, 5.41) is 3.10. The maximum absolute atomic E-state index is 5.70. The Kier molecular flexibility index (Phi) is 3.06. The summed E-state index contributed by atoms with van der Waals surface area (Å²) in [6.07, 6.45) is 1.78. The second-order valence-electron chi connectivity index (χ2n) is 3.94. The maximum atomic E-state index is 5.70. The van der Waals surface area contributed by atoms with Crippen molar-refractivity contribution in [3.05, 3.63) is 41.9 Å². The highest BCUT2D eigenvalue weighted by Crippen LogP contribution is 2.23. The van der Waals surface area contributed by atoms with E-state index in [-0.39, 0.29) is 6.04 Å². The number of benzene rings is 1. The van der Waals surface area contributed by atoms with Gasteiger partial charge in [0.05, 0.1) is 12.2 Å². The quantitative estimate of drug-likeness (QED) is 0.857. The van der Waals surface area contributed by atoms with Crippen LogP contribution in [0.1, 0.15) is 24.4 Å². The molecule has 3 nitrogen and oxygen atoms in total. The fourth-order valence-electron chi connectivity index (χ4n) is 1.54. The van der Waals surface area contributed by atoms with Gasteiger partial charge in [0, 0.05) is 5.56 Å². The van der Waals surface area contributed by atoms with Crippen LogP contribution in [0.4, 0.5) is 0 Å². The van der Waals surface area contributed by atoms with Gasteiger partial charge in [0.1, 0.15) is 0 Å². The zero-order chi connectivity index (χ0) is 11.5. The van der Waals surface area contributed by atoms with E-state index in [0.29, 0.717) is 0 Å². The second-order valence-corrected chi connectivity index (χ2v) is 3.94. The van der Waals surface area contributed by atoms with Crippen LogP contribution in [0.15, 0.2) is 34.9 Å². The van der Waals surface area contributed by atoms with Gasteiger partial charge in [-0.25, -0.2) is 4.98 Å². The molecule has 1 aromatic heterocycles. The maximum Gasteiger partial charge on any atom is 0.211 e.